The van der Waals surface area contributed by atoms with Crippen molar-refractivity contribution in [1.82, 2.24) is 20.2 Å². The number of piperidine rings is 1. The highest BCUT2D eigenvalue weighted by Gasteiger charge is 2.37. The Hall–Kier alpha value is -1.89. The van der Waals surface area contributed by atoms with Crippen molar-refractivity contribution in [2.24, 2.45) is 11.8 Å². The Bertz CT molecular complexity index is 538. The molecule has 120 valence electrons. The quantitative estimate of drug-likeness (QED) is 0.844. The molecule has 0 spiro atoms. The molecule has 0 radical (unpaired) electrons. The monoisotopic (exact) mass is 305 g/mol. The van der Waals surface area contributed by atoms with Crippen LogP contribution >= 0.6 is 0 Å². The molecule has 2 saturated heterocycles. The van der Waals surface area contributed by atoms with Crippen molar-refractivity contribution in [3.8, 4) is 5.88 Å². The predicted octanol–water partition coefficient (Wildman–Crippen LogP) is -0.0107. The van der Waals surface area contributed by atoms with Gasteiger partial charge in [0, 0.05) is 32.7 Å². The number of carbonyl (C=O) groups excluding carboxylic acids is 1. The van der Waals surface area contributed by atoms with Gasteiger partial charge in [-0.3, -0.25) is 9.69 Å². The van der Waals surface area contributed by atoms with Crippen molar-refractivity contribution in [3.63, 3.8) is 0 Å². The van der Waals surface area contributed by atoms with Gasteiger partial charge in [0.2, 0.25) is 11.8 Å². The van der Waals surface area contributed by atoms with Gasteiger partial charge in [0.05, 0.1) is 13.7 Å². The molecular formula is C15H23N5O2. The molecule has 2 aliphatic rings. The summed E-state index contributed by atoms with van der Waals surface area (Å²) in [6.45, 7) is 4.49. The lowest BCUT2D eigenvalue weighted by Crippen LogP contribution is -2.44. The highest BCUT2D eigenvalue weighted by atomic mass is 16.5. The Labute approximate surface area is 130 Å². The summed E-state index contributed by atoms with van der Waals surface area (Å²) in [5, 5.41) is 2.70. The number of fused-ring (bicyclic) bond motifs is 1. The van der Waals surface area contributed by atoms with Crippen LogP contribution in [0.1, 0.15) is 6.42 Å². The first-order valence-corrected chi connectivity index (χ1v) is 7.73. The normalized spacial score (nSPS) is 24.9. The van der Waals surface area contributed by atoms with Crippen molar-refractivity contribution in [2.45, 2.75) is 6.42 Å². The van der Waals surface area contributed by atoms with Crippen LogP contribution in [-0.2, 0) is 4.79 Å². The van der Waals surface area contributed by atoms with Crippen molar-refractivity contribution in [3.05, 3.63) is 12.4 Å². The third-order valence-corrected chi connectivity index (χ3v) is 4.69. The van der Waals surface area contributed by atoms with Crippen LogP contribution in [0.4, 0.5) is 5.82 Å². The van der Waals surface area contributed by atoms with Crippen LogP contribution in [0.5, 0.6) is 5.88 Å². The standard InChI is InChI=1S/C15H23N5O2/c1-16-14(21)9-19-4-3-11-7-20(8-12(11)6-19)13-5-15(22-2)18-10-17-13/h5,10-12H,3-4,6-9H2,1-2H3,(H,16,21)/t11-,12+/m1/s1. The van der Waals surface area contributed by atoms with E-state index in [0.29, 0.717) is 24.3 Å². The number of aromatic nitrogens is 2. The molecule has 0 aliphatic carbocycles. The largest absolute Gasteiger partial charge is 0.481 e. The summed E-state index contributed by atoms with van der Waals surface area (Å²) in [5.74, 6) is 2.90. The van der Waals surface area contributed by atoms with Gasteiger partial charge in [0.25, 0.3) is 0 Å². The SMILES string of the molecule is CNC(=O)CN1CC[C@@H]2CN(c3cc(OC)ncn3)C[C@@H]2C1. The topological polar surface area (TPSA) is 70.6 Å². The number of ether oxygens (including phenoxy) is 1. The molecule has 2 fully saturated rings. The van der Waals surface area contributed by atoms with Gasteiger partial charge in [-0.1, -0.05) is 0 Å². The lowest BCUT2D eigenvalue weighted by atomic mass is 9.89. The zero-order valence-electron chi connectivity index (χ0n) is 13.2. The number of anilines is 1. The van der Waals surface area contributed by atoms with Crippen LogP contribution in [0.3, 0.4) is 0 Å². The highest BCUT2D eigenvalue weighted by molar-refractivity contribution is 5.77. The van der Waals surface area contributed by atoms with Crippen LogP contribution in [0.25, 0.3) is 0 Å². The summed E-state index contributed by atoms with van der Waals surface area (Å²) in [7, 11) is 3.31. The number of hydrogen-bond acceptors (Lipinski definition) is 6. The third kappa shape index (κ3) is 3.14. The minimum Gasteiger partial charge on any atom is -0.481 e. The first kappa shape index (κ1) is 15.0. The van der Waals surface area contributed by atoms with Crippen LogP contribution in [0.15, 0.2) is 12.4 Å². The summed E-state index contributed by atoms with van der Waals surface area (Å²) in [5.41, 5.74) is 0. The number of likely N-dealkylation sites (N-methyl/N-ethyl adjacent to an activating group) is 1. The smallest absolute Gasteiger partial charge is 0.233 e. The van der Waals surface area contributed by atoms with E-state index < -0.39 is 0 Å². The maximum Gasteiger partial charge on any atom is 0.233 e. The zero-order chi connectivity index (χ0) is 15.5. The van der Waals surface area contributed by atoms with Crippen LogP contribution < -0.4 is 15.0 Å². The number of methoxy groups -OCH3 is 1. The Kier molecular flexibility index (Phi) is 4.42. The molecule has 2 aliphatic heterocycles. The summed E-state index contributed by atoms with van der Waals surface area (Å²) < 4.78 is 5.18. The van der Waals surface area contributed by atoms with E-state index in [4.69, 9.17) is 4.74 Å². The number of nitrogens with one attached hydrogen (secondary N) is 1. The van der Waals surface area contributed by atoms with E-state index in [2.05, 4.69) is 25.1 Å². The molecule has 22 heavy (non-hydrogen) atoms. The fraction of sp³-hybridized carbons (Fsp3) is 0.667. The first-order chi connectivity index (χ1) is 10.7. The molecule has 0 saturated carbocycles. The average molecular weight is 305 g/mol. The molecule has 7 heteroatoms. The van der Waals surface area contributed by atoms with Gasteiger partial charge < -0.3 is 15.0 Å². The zero-order valence-corrected chi connectivity index (χ0v) is 13.2. The van der Waals surface area contributed by atoms with Crippen molar-refractivity contribution in [1.29, 1.82) is 0 Å². The van der Waals surface area contributed by atoms with Crippen molar-refractivity contribution < 1.29 is 9.53 Å². The van der Waals surface area contributed by atoms with Gasteiger partial charge >= 0.3 is 0 Å². The third-order valence-electron chi connectivity index (χ3n) is 4.69. The van der Waals surface area contributed by atoms with E-state index in [9.17, 15) is 4.79 Å². The van der Waals surface area contributed by atoms with E-state index in [-0.39, 0.29) is 5.91 Å². The molecule has 2 atom stereocenters. The molecule has 1 aromatic rings. The molecule has 0 bridgehead atoms. The molecule has 3 rings (SSSR count). The Morgan fingerprint density at radius 1 is 1.36 bits per heavy atom. The molecule has 1 amide bonds. The fourth-order valence-electron chi connectivity index (χ4n) is 3.47. The summed E-state index contributed by atoms with van der Waals surface area (Å²) in [6.07, 6.45) is 2.69. The van der Waals surface area contributed by atoms with E-state index in [0.717, 1.165) is 38.4 Å². The average Bonchev–Trinajstić information content (AvgIpc) is 2.98. The maximum atomic E-state index is 11.5. The predicted molar refractivity (Wildman–Crippen MR) is 82.9 cm³/mol. The highest BCUT2D eigenvalue weighted by Crippen LogP contribution is 2.33. The van der Waals surface area contributed by atoms with E-state index in [1.165, 1.54) is 0 Å². The second-order valence-corrected chi connectivity index (χ2v) is 6.04. The molecule has 1 aromatic heterocycles. The van der Waals surface area contributed by atoms with Gasteiger partial charge in [0.15, 0.2) is 0 Å². The molecular weight excluding hydrogens is 282 g/mol. The van der Waals surface area contributed by atoms with Gasteiger partial charge in [0.1, 0.15) is 12.1 Å². The lowest BCUT2D eigenvalue weighted by Gasteiger charge is -2.33. The van der Waals surface area contributed by atoms with E-state index >= 15 is 0 Å². The Morgan fingerprint density at radius 3 is 2.95 bits per heavy atom. The number of carbonyl (C=O) groups is 1. The number of likely N-dealkylation sites (tertiary alicyclic amines) is 1. The molecule has 0 aromatic carbocycles. The second-order valence-electron chi connectivity index (χ2n) is 6.04. The first-order valence-electron chi connectivity index (χ1n) is 7.73. The fourth-order valence-corrected chi connectivity index (χ4v) is 3.47. The number of nitrogens with zero attached hydrogens (tertiary/aromatic N) is 4. The number of amides is 1. The number of rotatable bonds is 4. The van der Waals surface area contributed by atoms with Crippen LogP contribution in [0, 0.1) is 11.8 Å². The van der Waals surface area contributed by atoms with Crippen molar-refractivity contribution >= 4 is 11.7 Å². The second kappa shape index (κ2) is 6.48. The van der Waals surface area contributed by atoms with Gasteiger partial charge in [-0.05, 0) is 24.8 Å². The number of hydrogen-bond donors (Lipinski definition) is 1. The van der Waals surface area contributed by atoms with E-state index in [1.807, 2.05) is 6.07 Å². The van der Waals surface area contributed by atoms with Crippen LogP contribution in [0.2, 0.25) is 0 Å². The van der Waals surface area contributed by atoms with E-state index in [1.54, 1.807) is 20.5 Å². The summed E-state index contributed by atoms with van der Waals surface area (Å²) in [4.78, 5) is 24.5. The maximum absolute atomic E-state index is 11.5. The minimum atomic E-state index is 0.0915. The van der Waals surface area contributed by atoms with Gasteiger partial charge in [-0.25, -0.2) is 9.97 Å². The Morgan fingerprint density at radius 2 is 2.18 bits per heavy atom. The van der Waals surface area contributed by atoms with Gasteiger partial charge in [-0.2, -0.15) is 0 Å². The van der Waals surface area contributed by atoms with Crippen molar-refractivity contribution in [2.75, 3.05) is 51.8 Å². The van der Waals surface area contributed by atoms with Crippen LogP contribution in [-0.4, -0.2) is 67.7 Å². The lowest BCUT2D eigenvalue weighted by molar-refractivity contribution is -0.122. The minimum absolute atomic E-state index is 0.0915. The molecule has 3 heterocycles. The molecule has 7 nitrogen and oxygen atoms in total. The summed E-state index contributed by atoms with van der Waals surface area (Å²) >= 11 is 0. The van der Waals surface area contributed by atoms with Gasteiger partial charge in [-0.15, -0.1) is 0 Å². The molecule has 1 N–H and O–H groups in total. The molecule has 0 unspecified atom stereocenters. The Balaban J connectivity index is 1.63. The summed E-state index contributed by atoms with van der Waals surface area (Å²) in [6, 6.07) is 1.89.